The van der Waals surface area contributed by atoms with Crippen molar-refractivity contribution in [2.24, 2.45) is 0 Å². The topological polar surface area (TPSA) is 65.7 Å². The molecule has 0 saturated carbocycles. The van der Waals surface area contributed by atoms with Gasteiger partial charge in [-0.1, -0.05) is 0 Å². The molecule has 134 valence electrons. The summed E-state index contributed by atoms with van der Waals surface area (Å²) >= 11 is 0. The highest BCUT2D eigenvalue weighted by Gasteiger charge is 2.11. The zero-order chi connectivity index (χ0) is 17.9. The molecule has 3 aromatic rings. The number of aromatic hydroxyl groups is 1. The molecule has 1 aliphatic rings. The number of phenolic OH excluding ortho intramolecular Hbond substituents is 1. The number of benzene rings is 2. The Morgan fingerprint density at radius 1 is 1.00 bits per heavy atom. The molecule has 2 N–H and O–H groups in total. The van der Waals surface area contributed by atoms with Crippen LogP contribution in [0.4, 0.5) is 11.4 Å². The van der Waals surface area contributed by atoms with E-state index in [1.165, 1.54) is 37.1 Å². The fourth-order valence-electron chi connectivity index (χ4n) is 3.50. The Balaban J connectivity index is 1.50. The number of rotatable bonds is 4. The van der Waals surface area contributed by atoms with Crippen LogP contribution in [0.3, 0.4) is 0 Å². The minimum atomic E-state index is -0.416. The summed E-state index contributed by atoms with van der Waals surface area (Å²) in [5.41, 5.74) is 3.09. The second-order valence-corrected chi connectivity index (χ2v) is 6.72. The van der Waals surface area contributed by atoms with Gasteiger partial charge in [0.25, 0.3) is 0 Å². The average Bonchev–Trinajstić information content (AvgIpc) is 2.67. The molecule has 0 amide bonds. The molecule has 26 heavy (non-hydrogen) atoms. The average molecular weight is 350 g/mol. The lowest BCUT2D eigenvalue weighted by atomic mass is 10.1. The third-order valence-corrected chi connectivity index (χ3v) is 4.89. The first-order valence-corrected chi connectivity index (χ1v) is 9.04. The molecule has 0 atom stereocenters. The quantitative estimate of drug-likeness (QED) is 0.694. The van der Waals surface area contributed by atoms with Crippen molar-refractivity contribution in [1.29, 1.82) is 0 Å². The summed E-state index contributed by atoms with van der Waals surface area (Å²) in [5.74, 6) is 0.0825. The van der Waals surface area contributed by atoms with Crippen LogP contribution in [0.15, 0.2) is 57.7 Å². The fraction of sp³-hybridized carbons (Fsp3) is 0.286. The monoisotopic (exact) mass is 350 g/mol. The number of nitrogens with one attached hydrogen (secondary N) is 1. The molecule has 5 heteroatoms. The van der Waals surface area contributed by atoms with Crippen LogP contribution >= 0.6 is 0 Å². The Morgan fingerprint density at radius 2 is 1.77 bits per heavy atom. The minimum absolute atomic E-state index is 0.0825. The van der Waals surface area contributed by atoms with Gasteiger partial charge >= 0.3 is 5.63 Å². The maximum Gasteiger partial charge on any atom is 0.336 e. The summed E-state index contributed by atoms with van der Waals surface area (Å²) in [6, 6.07) is 14.8. The van der Waals surface area contributed by atoms with Crippen molar-refractivity contribution in [3.63, 3.8) is 0 Å². The Labute approximate surface area is 151 Å². The molecule has 0 radical (unpaired) electrons. The molecule has 1 saturated heterocycles. The van der Waals surface area contributed by atoms with E-state index in [1.54, 1.807) is 12.1 Å². The van der Waals surface area contributed by atoms with Crippen molar-refractivity contribution in [3.05, 3.63) is 64.5 Å². The molecule has 1 aromatic heterocycles. The summed E-state index contributed by atoms with van der Waals surface area (Å²) in [6.07, 6.45) is 3.85. The fourth-order valence-corrected chi connectivity index (χ4v) is 3.50. The Bertz CT molecular complexity index is 957. The Morgan fingerprint density at radius 3 is 2.54 bits per heavy atom. The molecular formula is C21H22N2O3. The summed E-state index contributed by atoms with van der Waals surface area (Å²) in [7, 11) is 0. The van der Waals surface area contributed by atoms with Crippen LogP contribution in [-0.4, -0.2) is 18.2 Å². The zero-order valence-corrected chi connectivity index (χ0v) is 14.6. The molecule has 0 spiro atoms. The standard InChI is InChI=1S/C21H22N2O3/c24-18-8-9-19-15(12-21(25)26-20(19)13-18)14-22-16-4-6-17(7-5-16)23-10-2-1-3-11-23/h4-9,12-13,22,24H,1-3,10-11,14H2. The van der Waals surface area contributed by atoms with Gasteiger partial charge in [-0.25, -0.2) is 4.79 Å². The third-order valence-electron chi connectivity index (χ3n) is 4.89. The van der Waals surface area contributed by atoms with E-state index >= 15 is 0 Å². The summed E-state index contributed by atoms with van der Waals surface area (Å²) in [5, 5.41) is 13.8. The first kappa shape index (κ1) is 16.5. The summed E-state index contributed by atoms with van der Waals surface area (Å²) in [4.78, 5) is 14.2. The van der Waals surface area contributed by atoms with Gasteiger partial charge in [-0.15, -0.1) is 0 Å². The van der Waals surface area contributed by atoms with E-state index in [2.05, 4.69) is 34.5 Å². The first-order chi connectivity index (χ1) is 12.7. The van der Waals surface area contributed by atoms with Gasteiger partial charge in [0, 0.05) is 48.5 Å². The predicted molar refractivity (Wildman–Crippen MR) is 104 cm³/mol. The van der Waals surface area contributed by atoms with E-state index < -0.39 is 5.63 Å². The highest BCUT2D eigenvalue weighted by Crippen LogP contribution is 2.24. The number of fused-ring (bicyclic) bond motifs is 1. The molecule has 2 aromatic carbocycles. The van der Waals surface area contributed by atoms with Gasteiger partial charge in [0.05, 0.1) is 0 Å². The van der Waals surface area contributed by atoms with Crippen molar-refractivity contribution in [1.82, 2.24) is 0 Å². The van der Waals surface area contributed by atoms with Crippen LogP contribution in [0.1, 0.15) is 24.8 Å². The van der Waals surface area contributed by atoms with Crippen molar-refractivity contribution < 1.29 is 9.52 Å². The molecule has 0 aliphatic carbocycles. The second kappa shape index (κ2) is 7.12. The lowest BCUT2D eigenvalue weighted by molar-refractivity contribution is 0.473. The summed E-state index contributed by atoms with van der Waals surface area (Å²) < 4.78 is 5.17. The Kier molecular flexibility index (Phi) is 4.52. The largest absolute Gasteiger partial charge is 0.508 e. The van der Waals surface area contributed by atoms with Crippen LogP contribution in [0.5, 0.6) is 5.75 Å². The van der Waals surface area contributed by atoms with Crippen molar-refractivity contribution in [2.75, 3.05) is 23.3 Å². The number of hydrogen-bond acceptors (Lipinski definition) is 5. The zero-order valence-electron chi connectivity index (χ0n) is 14.6. The molecule has 4 rings (SSSR count). The highest BCUT2D eigenvalue weighted by atomic mass is 16.4. The molecule has 2 heterocycles. The van der Waals surface area contributed by atoms with Crippen LogP contribution in [0, 0.1) is 0 Å². The van der Waals surface area contributed by atoms with E-state index in [0.29, 0.717) is 12.1 Å². The third kappa shape index (κ3) is 3.52. The van der Waals surface area contributed by atoms with Gasteiger partial charge < -0.3 is 19.7 Å². The Hall–Kier alpha value is -2.95. The number of nitrogens with zero attached hydrogens (tertiary/aromatic N) is 1. The van der Waals surface area contributed by atoms with Gasteiger partial charge in [-0.3, -0.25) is 0 Å². The van der Waals surface area contributed by atoms with E-state index in [-0.39, 0.29) is 5.75 Å². The van der Waals surface area contributed by atoms with Gasteiger partial charge in [-0.2, -0.15) is 0 Å². The molecular weight excluding hydrogens is 328 g/mol. The summed E-state index contributed by atoms with van der Waals surface area (Å²) in [6.45, 7) is 2.77. The van der Waals surface area contributed by atoms with Crippen LogP contribution in [-0.2, 0) is 6.54 Å². The van der Waals surface area contributed by atoms with Crippen molar-refractivity contribution >= 4 is 22.3 Å². The van der Waals surface area contributed by atoms with Gasteiger partial charge in [-0.05, 0) is 61.2 Å². The van der Waals surface area contributed by atoms with E-state index in [4.69, 9.17) is 4.42 Å². The molecule has 0 unspecified atom stereocenters. The number of hydrogen-bond donors (Lipinski definition) is 2. The van der Waals surface area contributed by atoms with Crippen molar-refractivity contribution in [2.45, 2.75) is 25.8 Å². The number of phenols is 1. The second-order valence-electron chi connectivity index (χ2n) is 6.72. The number of anilines is 2. The van der Waals surface area contributed by atoms with E-state index in [9.17, 15) is 9.90 Å². The minimum Gasteiger partial charge on any atom is -0.508 e. The number of piperidine rings is 1. The lowest BCUT2D eigenvalue weighted by Crippen LogP contribution is -2.29. The highest BCUT2D eigenvalue weighted by molar-refractivity contribution is 5.81. The maximum atomic E-state index is 11.8. The maximum absolute atomic E-state index is 11.8. The normalized spacial score (nSPS) is 14.5. The first-order valence-electron chi connectivity index (χ1n) is 9.04. The van der Waals surface area contributed by atoms with Gasteiger partial charge in [0.15, 0.2) is 0 Å². The predicted octanol–water partition coefficient (Wildman–Crippen LogP) is 4.10. The lowest BCUT2D eigenvalue weighted by Gasteiger charge is -2.28. The van der Waals surface area contributed by atoms with Crippen LogP contribution in [0.25, 0.3) is 11.0 Å². The van der Waals surface area contributed by atoms with E-state index in [1.807, 2.05) is 0 Å². The van der Waals surface area contributed by atoms with Crippen molar-refractivity contribution in [3.8, 4) is 5.75 Å². The van der Waals surface area contributed by atoms with Gasteiger partial charge in [0.2, 0.25) is 0 Å². The van der Waals surface area contributed by atoms with Crippen LogP contribution in [0.2, 0.25) is 0 Å². The smallest absolute Gasteiger partial charge is 0.336 e. The van der Waals surface area contributed by atoms with Gasteiger partial charge in [0.1, 0.15) is 11.3 Å². The molecule has 0 bridgehead atoms. The molecule has 5 nitrogen and oxygen atoms in total. The van der Waals surface area contributed by atoms with E-state index in [0.717, 1.165) is 29.7 Å². The van der Waals surface area contributed by atoms with Crippen LogP contribution < -0.4 is 15.8 Å². The SMILES string of the molecule is O=c1cc(CNc2ccc(N3CCCCC3)cc2)c2ccc(O)cc2o1. The molecule has 1 fully saturated rings. The molecule has 1 aliphatic heterocycles.